The Morgan fingerprint density at radius 2 is 2.31 bits per heavy atom. The van der Waals surface area contributed by atoms with Crippen molar-refractivity contribution in [2.24, 2.45) is 5.90 Å². The first-order valence-electron chi connectivity index (χ1n) is 3.79. The number of halogens is 1. The Kier molecular flexibility index (Phi) is 2.35. The van der Waals surface area contributed by atoms with E-state index >= 15 is 0 Å². The fourth-order valence-electron chi connectivity index (χ4n) is 1.28. The maximum atomic E-state index is 5.35. The summed E-state index contributed by atoms with van der Waals surface area (Å²) >= 11 is 3.40. The van der Waals surface area contributed by atoms with Crippen LogP contribution in [-0.4, -0.2) is 0 Å². The van der Waals surface area contributed by atoms with Crippen LogP contribution >= 0.6 is 15.9 Å². The summed E-state index contributed by atoms with van der Waals surface area (Å²) in [6.07, 6.45) is 1.66. The zero-order valence-electron chi connectivity index (χ0n) is 6.79. The number of benzene rings is 1. The minimum absolute atomic E-state index is 0.365. The third-order valence-corrected chi connectivity index (χ3v) is 2.50. The van der Waals surface area contributed by atoms with E-state index in [1.54, 1.807) is 6.26 Å². The van der Waals surface area contributed by atoms with Crippen LogP contribution in [0.5, 0.6) is 0 Å². The zero-order valence-corrected chi connectivity index (χ0v) is 8.37. The molecular weight excluding hydrogens is 234 g/mol. The van der Waals surface area contributed by atoms with Crippen molar-refractivity contribution in [1.82, 2.24) is 0 Å². The molecule has 0 aliphatic rings. The van der Waals surface area contributed by atoms with Gasteiger partial charge in [-0.3, -0.25) is 4.84 Å². The summed E-state index contributed by atoms with van der Waals surface area (Å²) in [5.74, 6) is 5.00. The molecule has 0 aliphatic carbocycles. The Morgan fingerprint density at radius 3 is 3.08 bits per heavy atom. The molecule has 13 heavy (non-hydrogen) atoms. The molecule has 1 aromatic carbocycles. The average Bonchev–Trinajstić information content (AvgIpc) is 2.51. The van der Waals surface area contributed by atoms with Gasteiger partial charge in [-0.15, -0.1) is 0 Å². The SMILES string of the molecule is NOCc1coc2c(Br)cccc12. The second kappa shape index (κ2) is 3.49. The van der Waals surface area contributed by atoms with Crippen LogP contribution in [-0.2, 0) is 11.4 Å². The van der Waals surface area contributed by atoms with Crippen molar-refractivity contribution >= 4 is 26.9 Å². The van der Waals surface area contributed by atoms with Gasteiger partial charge in [0.25, 0.3) is 0 Å². The summed E-state index contributed by atoms with van der Waals surface area (Å²) in [6, 6.07) is 5.85. The Bertz CT molecular complexity index is 424. The Hall–Kier alpha value is -0.840. The molecule has 68 valence electrons. The number of hydrogen-bond donors (Lipinski definition) is 1. The first-order chi connectivity index (χ1) is 6.33. The van der Waals surface area contributed by atoms with Gasteiger partial charge in [0, 0.05) is 10.9 Å². The average molecular weight is 242 g/mol. The third kappa shape index (κ3) is 1.48. The first-order valence-corrected chi connectivity index (χ1v) is 4.58. The lowest BCUT2D eigenvalue weighted by atomic mass is 10.2. The van der Waals surface area contributed by atoms with E-state index in [9.17, 15) is 0 Å². The molecule has 0 saturated heterocycles. The highest BCUT2D eigenvalue weighted by molar-refractivity contribution is 9.10. The summed E-state index contributed by atoms with van der Waals surface area (Å²) < 4.78 is 6.29. The van der Waals surface area contributed by atoms with Crippen molar-refractivity contribution in [3.8, 4) is 0 Å². The second-order valence-corrected chi connectivity index (χ2v) is 3.54. The molecule has 2 aromatic rings. The van der Waals surface area contributed by atoms with Crippen LogP contribution in [0.2, 0.25) is 0 Å². The second-order valence-electron chi connectivity index (χ2n) is 2.69. The van der Waals surface area contributed by atoms with E-state index in [0.717, 1.165) is 21.0 Å². The summed E-state index contributed by atoms with van der Waals surface area (Å²) in [7, 11) is 0. The predicted molar refractivity (Wildman–Crippen MR) is 52.9 cm³/mol. The number of para-hydroxylation sites is 1. The van der Waals surface area contributed by atoms with E-state index < -0.39 is 0 Å². The van der Waals surface area contributed by atoms with Gasteiger partial charge >= 0.3 is 0 Å². The molecule has 0 aliphatic heterocycles. The largest absolute Gasteiger partial charge is 0.463 e. The molecule has 0 unspecified atom stereocenters. The number of hydrogen-bond acceptors (Lipinski definition) is 3. The monoisotopic (exact) mass is 241 g/mol. The summed E-state index contributed by atoms with van der Waals surface area (Å²) in [4.78, 5) is 4.56. The van der Waals surface area contributed by atoms with Gasteiger partial charge in [0.15, 0.2) is 0 Å². The van der Waals surface area contributed by atoms with E-state index in [-0.39, 0.29) is 0 Å². The van der Waals surface area contributed by atoms with Crippen molar-refractivity contribution in [3.63, 3.8) is 0 Å². The quantitative estimate of drug-likeness (QED) is 0.823. The van der Waals surface area contributed by atoms with Gasteiger partial charge in [-0.2, -0.15) is 0 Å². The van der Waals surface area contributed by atoms with E-state index in [1.165, 1.54) is 0 Å². The summed E-state index contributed by atoms with van der Waals surface area (Å²) in [5, 5.41) is 1.03. The molecule has 0 fully saturated rings. The van der Waals surface area contributed by atoms with Gasteiger partial charge in [0.2, 0.25) is 0 Å². The highest BCUT2D eigenvalue weighted by atomic mass is 79.9. The molecule has 2 rings (SSSR count). The molecule has 0 atom stereocenters. The molecule has 0 saturated carbocycles. The highest BCUT2D eigenvalue weighted by Crippen LogP contribution is 2.28. The number of nitrogens with two attached hydrogens (primary N) is 1. The highest BCUT2D eigenvalue weighted by Gasteiger charge is 2.07. The maximum absolute atomic E-state index is 5.35. The van der Waals surface area contributed by atoms with E-state index in [1.807, 2.05) is 18.2 Å². The van der Waals surface area contributed by atoms with Crippen LogP contribution in [0.4, 0.5) is 0 Å². The van der Waals surface area contributed by atoms with Crippen molar-refractivity contribution in [1.29, 1.82) is 0 Å². The third-order valence-electron chi connectivity index (χ3n) is 1.87. The molecule has 1 aromatic heterocycles. The van der Waals surface area contributed by atoms with Crippen molar-refractivity contribution < 1.29 is 9.25 Å². The van der Waals surface area contributed by atoms with Crippen LogP contribution in [0.1, 0.15) is 5.56 Å². The molecule has 0 spiro atoms. The van der Waals surface area contributed by atoms with Gasteiger partial charge < -0.3 is 4.42 Å². The summed E-state index contributed by atoms with van der Waals surface area (Å²) in [5.41, 5.74) is 1.79. The minimum Gasteiger partial charge on any atom is -0.463 e. The fourth-order valence-corrected chi connectivity index (χ4v) is 1.74. The molecule has 0 bridgehead atoms. The van der Waals surface area contributed by atoms with Gasteiger partial charge in [0.05, 0.1) is 17.3 Å². The van der Waals surface area contributed by atoms with Gasteiger partial charge in [0.1, 0.15) is 5.58 Å². The minimum atomic E-state index is 0.365. The molecule has 2 N–H and O–H groups in total. The first kappa shape index (κ1) is 8.74. The fraction of sp³-hybridized carbons (Fsp3) is 0.111. The number of fused-ring (bicyclic) bond motifs is 1. The van der Waals surface area contributed by atoms with E-state index in [2.05, 4.69) is 20.8 Å². The Balaban J connectivity index is 2.61. The van der Waals surface area contributed by atoms with Crippen LogP contribution in [0.3, 0.4) is 0 Å². The van der Waals surface area contributed by atoms with E-state index in [0.29, 0.717) is 6.61 Å². The van der Waals surface area contributed by atoms with Crippen LogP contribution < -0.4 is 5.90 Å². The van der Waals surface area contributed by atoms with Crippen LogP contribution in [0.25, 0.3) is 11.0 Å². The lowest BCUT2D eigenvalue weighted by Crippen LogP contribution is -1.97. The van der Waals surface area contributed by atoms with Crippen molar-refractivity contribution in [2.45, 2.75) is 6.61 Å². The lowest BCUT2D eigenvalue weighted by Gasteiger charge is -1.94. The van der Waals surface area contributed by atoms with Crippen molar-refractivity contribution in [3.05, 3.63) is 34.5 Å². The summed E-state index contributed by atoms with van der Waals surface area (Å²) in [6.45, 7) is 0.365. The van der Waals surface area contributed by atoms with Gasteiger partial charge in [-0.05, 0) is 22.0 Å². The Morgan fingerprint density at radius 1 is 1.46 bits per heavy atom. The van der Waals surface area contributed by atoms with Crippen LogP contribution in [0, 0.1) is 0 Å². The molecular formula is C9H8BrNO2. The molecule has 3 nitrogen and oxygen atoms in total. The molecule has 4 heteroatoms. The van der Waals surface area contributed by atoms with Crippen LogP contribution in [0.15, 0.2) is 33.4 Å². The number of rotatable bonds is 2. The number of furan rings is 1. The standard InChI is InChI=1S/C9H8BrNO2/c10-8-3-1-2-7-6(5-13-11)4-12-9(7)8/h1-4H,5,11H2. The topological polar surface area (TPSA) is 48.4 Å². The van der Waals surface area contributed by atoms with E-state index in [4.69, 9.17) is 10.3 Å². The zero-order chi connectivity index (χ0) is 9.26. The Labute approximate surface area is 83.5 Å². The predicted octanol–water partition coefficient (Wildman–Crippen LogP) is 2.59. The molecule has 0 amide bonds. The normalized spacial score (nSPS) is 10.9. The smallest absolute Gasteiger partial charge is 0.148 e. The van der Waals surface area contributed by atoms with Gasteiger partial charge in [-0.1, -0.05) is 12.1 Å². The van der Waals surface area contributed by atoms with Gasteiger partial charge in [-0.25, -0.2) is 5.90 Å². The van der Waals surface area contributed by atoms with Crippen molar-refractivity contribution in [2.75, 3.05) is 0 Å². The molecule has 1 heterocycles. The maximum Gasteiger partial charge on any atom is 0.148 e. The lowest BCUT2D eigenvalue weighted by molar-refractivity contribution is 0.124. The molecule has 0 radical (unpaired) electrons.